The standard InChI is InChI=1S/C12H16N2O3S2.3C2H6/c1-7(15)3-4-9(13)8(2)18-6-11-14-10(5-19-11)12(16)17;3*1-2/h3-4,10,15H,1,5-6,13H2,2H3,(H,16,17);3*1-2H3/b4-3-,9-8-;;;. The van der Waals surface area contributed by atoms with Crippen molar-refractivity contribution in [2.24, 2.45) is 10.7 Å². The van der Waals surface area contributed by atoms with Gasteiger partial charge in [0.2, 0.25) is 0 Å². The number of aliphatic imine (C=N–C) groups is 1. The van der Waals surface area contributed by atoms with E-state index in [-0.39, 0.29) is 5.76 Å². The van der Waals surface area contributed by atoms with Gasteiger partial charge < -0.3 is 15.9 Å². The fourth-order valence-electron chi connectivity index (χ4n) is 1.19. The maximum atomic E-state index is 10.7. The Morgan fingerprint density at radius 1 is 1.28 bits per heavy atom. The van der Waals surface area contributed by atoms with Gasteiger partial charge in [0.05, 0.1) is 5.04 Å². The van der Waals surface area contributed by atoms with Crippen LogP contribution in [0.3, 0.4) is 0 Å². The Labute approximate surface area is 161 Å². The summed E-state index contributed by atoms with van der Waals surface area (Å²) in [7, 11) is 0. The van der Waals surface area contributed by atoms with E-state index >= 15 is 0 Å². The van der Waals surface area contributed by atoms with E-state index in [2.05, 4.69) is 11.6 Å². The molecule has 1 aliphatic rings. The fourth-order valence-corrected chi connectivity index (χ4v) is 3.11. The molecule has 0 aromatic carbocycles. The minimum absolute atomic E-state index is 0.0548. The van der Waals surface area contributed by atoms with Gasteiger partial charge in [-0.05, 0) is 19.1 Å². The monoisotopic (exact) mass is 390 g/mol. The molecule has 0 aromatic rings. The molecule has 1 rings (SSSR count). The van der Waals surface area contributed by atoms with Crippen LogP contribution in [0.2, 0.25) is 0 Å². The average molecular weight is 391 g/mol. The first-order valence-corrected chi connectivity index (χ1v) is 10.4. The van der Waals surface area contributed by atoms with E-state index in [0.29, 0.717) is 17.2 Å². The summed E-state index contributed by atoms with van der Waals surface area (Å²) in [5, 5.41) is 18.6. The predicted molar refractivity (Wildman–Crippen MR) is 116 cm³/mol. The Balaban J connectivity index is -0.000000725. The Bertz CT molecular complexity index is 473. The van der Waals surface area contributed by atoms with Crippen molar-refractivity contribution in [3.05, 3.63) is 35.1 Å². The molecule has 0 radical (unpaired) electrons. The molecule has 5 nitrogen and oxygen atoms in total. The number of hydrogen-bond acceptors (Lipinski definition) is 6. The Hall–Kier alpha value is -1.34. The number of nitrogens with two attached hydrogens (primary N) is 1. The van der Waals surface area contributed by atoms with Gasteiger partial charge in [-0.25, -0.2) is 4.79 Å². The van der Waals surface area contributed by atoms with Gasteiger partial charge in [0.15, 0.2) is 6.04 Å². The number of aliphatic carboxylic acids is 1. The molecule has 0 aromatic heterocycles. The number of carboxylic acids is 1. The van der Waals surface area contributed by atoms with Gasteiger partial charge >= 0.3 is 5.97 Å². The zero-order valence-corrected chi connectivity index (χ0v) is 18.1. The number of hydrogen-bond donors (Lipinski definition) is 3. The molecule has 0 amide bonds. The summed E-state index contributed by atoms with van der Waals surface area (Å²) in [6, 6.07) is -0.625. The van der Waals surface area contributed by atoms with Crippen molar-refractivity contribution in [1.29, 1.82) is 0 Å². The smallest absolute Gasteiger partial charge is 0.329 e. The van der Waals surface area contributed by atoms with Gasteiger partial charge in [-0.2, -0.15) is 0 Å². The normalized spacial score (nSPS) is 16.1. The number of carbonyl (C=O) groups is 1. The zero-order valence-electron chi connectivity index (χ0n) is 16.5. The number of nitrogens with zero attached hydrogens (tertiary/aromatic N) is 1. The summed E-state index contributed by atoms with van der Waals surface area (Å²) in [5.41, 5.74) is 6.35. The van der Waals surface area contributed by atoms with Crippen LogP contribution in [-0.4, -0.2) is 38.8 Å². The van der Waals surface area contributed by atoms with Crippen LogP contribution in [0.25, 0.3) is 0 Å². The molecular weight excluding hydrogens is 356 g/mol. The van der Waals surface area contributed by atoms with Crippen LogP contribution in [0.5, 0.6) is 0 Å². The van der Waals surface area contributed by atoms with Crippen LogP contribution in [0.1, 0.15) is 48.5 Å². The lowest BCUT2D eigenvalue weighted by Crippen LogP contribution is -2.17. The largest absolute Gasteiger partial charge is 0.509 e. The lowest BCUT2D eigenvalue weighted by atomic mass is 10.3. The molecule has 0 saturated heterocycles. The lowest BCUT2D eigenvalue weighted by molar-refractivity contribution is -0.137. The maximum absolute atomic E-state index is 10.7. The molecule has 0 aliphatic carbocycles. The molecule has 1 aliphatic heterocycles. The number of carboxylic acid groups (broad SMARTS) is 1. The van der Waals surface area contributed by atoms with Gasteiger partial charge in [0, 0.05) is 22.1 Å². The highest BCUT2D eigenvalue weighted by Crippen LogP contribution is 2.25. The van der Waals surface area contributed by atoms with E-state index in [1.54, 1.807) is 6.08 Å². The Morgan fingerprint density at radius 3 is 2.20 bits per heavy atom. The minimum Gasteiger partial charge on any atom is -0.509 e. The van der Waals surface area contributed by atoms with Crippen LogP contribution in [0, 0.1) is 0 Å². The molecule has 1 atom stereocenters. The van der Waals surface area contributed by atoms with Crippen molar-refractivity contribution in [3.63, 3.8) is 0 Å². The van der Waals surface area contributed by atoms with Crippen molar-refractivity contribution in [2.75, 3.05) is 11.5 Å². The molecule has 1 unspecified atom stereocenters. The van der Waals surface area contributed by atoms with E-state index in [1.807, 2.05) is 48.5 Å². The van der Waals surface area contributed by atoms with Crippen LogP contribution in [-0.2, 0) is 4.79 Å². The number of rotatable bonds is 6. The first kappa shape index (κ1) is 28.5. The molecule has 25 heavy (non-hydrogen) atoms. The fraction of sp³-hybridized carbons (Fsp3) is 0.556. The lowest BCUT2D eigenvalue weighted by Gasteiger charge is -2.03. The molecule has 1 heterocycles. The van der Waals surface area contributed by atoms with Crippen molar-refractivity contribution < 1.29 is 15.0 Å². The van der Waals surface area contributed by atoms with Crippen molar-refractivity contribution in [3.8, 4) is 0 Å². The molecular formula is C18H34N2O3S2. The maximum Gasteiger partial charge on any atom is 0.329 e. The number of aliphatic hydroxyl groups is 1. The Morgan fingerprint density at radius 2 is 1.80 bits per heavy atom. The summed E-state index contributed by atoms with van der Waals surface area (Å²) in [6.45, 7) is 17.2. The molecule has 0 spiro atoms. The van der Waals surface area contributed by atoms with Gasteiger partial charge in [-0.3, -0.25) is 4.99 Å². The second-order valence-electron chi connectivity index (χ2n) is 3.81. The average Bonchev–Trinajstić information content (AvgIpc) is 3.12. The highest BCUT2D eigenvalue weighted by atomic mass is 32.2. The topological polar surface area (TPSA) is 95.9 Å². The van der Waals surface area contributed by atoms with E-state index in [4.69, 9.17) is 15.9 Å². The van der Waals surface area contributed by atoms with Crippen molar-refractivity contribution in [2.45, 2.75) is 54.5 Å². The van der Waals surface area contributed by atoms with Crippen molar-refractivity contribution >= 4 is 34.5 Å². The Kier molecular flexibility index (Phi) is 21.6. The highest BCUT2D eigenvalue weighted by Gasteiger charge is 2.24. The van der Waals surface area contributed by atoms with E-state index in [1.165, 1.54) is 29.6 Å². The summed E-state index contributed by atoms with van der Waals surface area (Å²) in [6.07, 6.45) is 3.00. The van der Waals surface area contributed by atoms with E-state index < -0.39 is 12.0 Å². The molecule has 0 fully saturated rings. The first-order chi connectivity index (χ1) is 11.9. The quantitative estimate of drug-likeness (QED) is 0.425. The van der Waals surface area contributed by atoms with Crippen LogP contribution < -0.4 is 5.73 Å². The van der Waals surface area contributed by atoms with E-state index in [9.17, 15) is 4.79 Å². The van der Waals surface area contributed by atoms with E-state index in [0.717, 1.165) is 9.95 Å². The second-order valence-corrected chi connectivity index (χ2v) is 6.10. The van der Waals surface area contributed by atoms with Crippen LogP contribution >= 0.6 is 23.5 Å². The van der Waals surface area contributed by atoms with Gasteiger partial charge in [0.25, 0.3) is 0 Å². The number of thioether (sulfide) groups is 2. The van der Waals surface area contributed by atoms with Crippen molar-refractivity contribution in [1.82, 2.24) is 0 Å². The summed E-state index contributed by atoms with van der Waals surface area (Å²) in [5.74, 6) is 0.159. The molecule has 146 valence electrons. The third-order valence-corrected chi connectivity index (χ3v) is 4.60. The number of allylic oxidation sites excluding steroid dienone is 3. The zero-order chi connectivity index (χ0) is 20.4. The second kappa shape index (κ2) is 19.0. The third kappa shape index (κ3) is 14.7. The first-order valence-electron chi connectivity index (χ1n) is 8.47. The molecule has 4 N–H and O–H groups in total. The van der Waals surface area contributed by atoms with Gasteiger partial charge in [0.1, 0.15) is 5.76 Å². The molecule has 0 bridgehead atoms. The van der Waals surface area contributed by atoms with Crippen LogP contribution in [0.4, 0.5) is 0 Å². The molecule has 7 heteroatoms. The third-order valence-electron chi connectivity index (χ3n) is 2.27. The summed E-state index contributed by atoms with van der Waals surface area (Å²) >= 11 is 2.96. The van der Waals surface area contributed by atoms with Gasteiger partial charge in [-0.1, -0.05) is 48.1 Å². The SMILES string of the molecule is C=C(O)/C=C\C(N)=C(/C)SCC1=NC(C(=O)O)CS1.CC.CC.CC. The molecule has 0 saturated carbocycles. The van der Waals surface area contributed by atoms with Gasteiger partial charge in [-0.15, -0.1) is 23.5 Å². The summed E-state index contributed by atoms with van der Waals surface area (Å²) in [4.78, 5) is 15.8. The minimum atomic E-state index is -0.885. The van der Waals surface area contributed by atoms with Crippen LogP contribution in [0.15, 0.2) is 40.1 Å². The highest BCUT2D eigenvalue weighted by molar-refractivity contribution is 8.16. The predicted octanol–water partition coefficient (Wildman–Crippen LogP) is 5.21. The number of aliphatic hydroxyl groups excluding tert-OH is 1. The summed E-state index contributed by atoms with van der Waals surface area (Å²) < 4.78 is 0.